The number of imidazole rings is 1. The van der Waals surface area contributed by atoms with Crippen molar-refractivity contribution in [2.24, 2.45) is 0 Å². The zero-order valence-corrected chi connectivity index (χ0v) is 9.54. The van der Waals surface area contributed by atoms with Crippen LogP contribution < -0.4 is 4.90 Å². The molecule has 1 aliphatic rings. The van der Waals surface area contributed by atoms with Crippen molar-refractivity contribution in [3.05, 3.63) is 18.7 Å². The van der Waals surface area contributed by atoms with Crippen LogP contribution in [0.1, 0.15) is 0 Å². The number of nitrogens with zero attached hydrogens (tertiary/aromatic N) is 3. The maximum atomic E-state index is 5.32. The van der Waals surface area contributed by atoms with E-state index in [1.54, 1.807) is 17.7 Å². The fourth-order valence-electron chi connectivity index (χ4n) is 1.68. The summed E-state index contributed by atoms with van der Waals surface area (Å²) in [4.78, 5) is 14.9. The first-order valence-corrected chi connectivity index (χ1v) is 6.02. The van der Waals surface area contributed by atoms with Crippen LogP contribution in [0.3, 0.4) is 0 Å². The molecule has 0 aromatic carbocycles. The Kier molecular flexibility index (Phi) is 2.59. The van der Waals surface area contributed by atoms with Crippen LogP contribution in [0.2, 0.25) is 0 Å². The average molecular weight is 236 g/mol. The number of hydrogen-bond acceptors (Lipinski definition) is 5. The van der Waals surface area contributed by atoms with Crippen molar-refractivity contribution in [3.8, 4) is 10.6 Å². The molecule has 84 valence electrons. The van der Waals surface area contributed by atoms with E-state index >= 15 is 0 Å². The number of thiazole rings is 1. The van der Waals surface area contributed by atoms with Crippen LogP contribution in [0.4, 0.5) is 5.13 Å². The van der Waals surface area contributed by atoms with E-state index in [2.05, 4.69) is 19.9 Å². The van der Waals surface area contributed by atoms with Crippen molar-refractivity contribution in [2.45, 2.75) is 0 Å². The lowest BCUT2D eigenvalue weighted by Gasteiger charge is -2.25. The summed E-state index contributed by atoms with van der Waals surface area (Å²) in [5.74, 6) is 0. The van der Waals surface area contributed by atoms with Crippen LogP contribution in [0.5, 0.6) is 0 Å². The number of anilines is 1. The second kappa shape index (κ2) is 4.23. The molecular weight excluding hydrogens is 224 g/mol. The fourth-order valence-corrected chi connectivity index (χ4v) is 2.62. The number of morpholine rings is 1. The van der Waals surface area contributed by atoms with Crippen molar-refractivity contribution in [3.63, 3.8) is 0 Å². The van der Waals surface area contributed by atoms with Crippen LogP contribution >= 0.6 is 11.3 Å². The van der Waals surface area contributed by atoms with Crippen molar-refractivity contribution in [2.75, 3.05) is 31.2 Å². The van der Waals surface area contributed by atoms with Crippen LogP contribution in [0.25, 0.3) is 10.6 Å². The van der Waals surface area contributed by atoms with Gasteiger partial charge in [-0.05, 0) is 0 Å². The lowest BCUT2D eigenvalue weighted by Crippen LogP contribution is -2.36. The Balaban J connectivity index is 1.82. The molecule has 0 spiro atoms. The van der Waals surface area contributed by atoms with E-state index in [1.807, 2.05) is 12.4 Å². The van der Waals surface area contributed by atoms with Crippen LogP contribution in [0.15, 0.2) is 18.7 Å². The molecule has 6 heteroatoms. The summed E-state index contributed by atoms with van der Waals surface area (Å²) < 4.78 is 5.32. The van der Waals surface area contributed by atoms with Gasteiger partial charge in [0, 0.05) is 19.3 Å². The highest BCUT2D eigenvalue weighted by Gasteiger charge is 2.15. The zero-order chi connectivity index (χ0) is 10.8. The van der Waals surface area contributed by atoms with E-state index in [0.29, 0.717) is 0 Å². The summed E-state index contributed by atoms with van der Waals surface area (Å²) in [7, 11) is 0. The Hall–Kier alpha value is -1.40. The first kappa shape index (κ1) is 9.80. The maximum absolute atomic E-state index is 5.32. The summed E-state index contributed by atoms with van der Waals surface area (Å²) in [6.45, 7) is 3.43. The van der Waals surface area contributed by atoms with E-state index in [9.17, 15) is 0 Å². The minimum absolute atomic E-state index is 0.791. The molecule has 0 atom stereocenters. The van der Waals surface area contributed by atoms with E-state index < -0.39 is 0 Å². The van der Waals surface area contributed by atoms with Gasteiger partial charge in [-0.15, -0.1) is 0 Å². The number of aromatic nitrogens is 3. The fraction of sp³-hybridized carbons (Fsp3) is 0.400. The highest BCUT2D eigenvalue weighted by molar-refractivity contribution is 7.18. The second-order valence-electron chi connectivity index (χ2n) is 3.57. The van der Waals surface area contributed by atoms with Crippen molar-refractivity contribution in [1.29, 1.82) is 0 Å². The van der Waals surface area contributed by atoms with Gasteiger partial charge in [0.25, 0.3) is 0 Å². The molecule has 16 heavy (non-hydrogen) atoms. The van der Waals surface area contributed by atoms with Crippen LogP contribution in [0, 0.1) is 0 Å². The van der Waals surface area contributed by atoms with Gasteiger partial charge in [0.05, 0.1) is 36.3 Å². The largest absolute Gasteiger partial charge is 0.378 e. The monoisotopic (exact) mass is 236 g/mol. The Morgan fingerprint density at radius 1 is 1.31 bits per heavy atom. The SMILES string of the molecule is c1ncc(-c2cnc(N3CCOCC3)s2)[nH]1. The first-order chi connectivity index (χ1) is 7.93. The normalized spacial score (nSPS) is 16.6. The quantitative estimate of drug-likeness (QED) is 0.855. The molecule has 5 nitrogen and oxygen atoms in total. The molecule has 2 aromatic rings. The van der Waals surface area contributed by atoms with Gasteiger partial charge in [-0.25, -0.2) is 9.97 Å². The van der Waals surface area contributed by atoms with Crippen LogP contribution in [-0.2, 0) is 4.74 Å². The minimum Gasteiger partial charge on any atom is -0.378 e. The number of H-pyrrole nitrogens is 1. The number of aromatic amines is 1. The number of nitrogens with one attached hydrogen (secondary N) is 1. The number of ether oxygens (including phenoxy) is 1. The molecule has 0 radical (unpaired) electrons. The summed E-state index contributed by atoms with van der Waals surface area (Å²) in [5.41, 5.74) is 1.03. The number of rotatable bonds is 2. The number of hydrogen-bond donors (Lipinski definition) is 1. The topological polar surface area (TPSA) is 54.0 Å². The van der Waals surface area contributed by atoms with Gasteiger partial charge in [0.15, 0.2) is 5.13 Å². The van der Waals surface area contributed by atoms with Gasteiger partial charge in [-0.2, -0.15) is 0 Å². The van der Waals surface area contributed by atoms with Crippen molar-refractivity contribution >= 4 is 16.5 Å². The summed E-state index contributed by atoms with van der Waals surface area (Å²) >= 11 is 1.69. The van der Waals surface area contributed by atoms with Crippen LogP contribution in [-0.4, -0.2) is 41.3 Å². The van der Waals surface area contributed by atoms with Gasteiger partial charge in [-0.3, -0.25) is 0 Å². The van der Waals surface area contributed by atoms with Gasteiger partial charge in [0.1, 0.15) is 0 Å². The Morgan fingerprint density at radius 2 is 2.19 bits per heavy atom. The molecule has 3 heterocycles. The average Bonchev–Trinajstić information content (AvgIpc) is 3.01. The Labute approximate surface area is 97.1 Å². The predicted octanol–water partition coefficient (Wildman–Crippen LogP) is 1.37. The summed E-state index contributed by atoms with van der Waals surface area (Å²) in [5, 5.41) is 1.06. The Bertz CT molecular complexity index is 447. The van der Waals surface area contributed by atoms with Gasteiger partial charge in [0.2, 0.25) is 0 Å². The molecule has 1 saturated heterocycles. The van der Waals surface area contributed by atoms with Crippen molar-refractivity contribution in [1.82, 2.24) is 15.0 Å². The first-order valence-electron chi connectivity index (χ1n) is 5.21. The standard InChI is InChI=1S/C10H12N4OS/c1-3-15-4-2-14(1)10-12-6-9(16-10)8-5-11-7-13-8/h5-7H,1-4H2,(H,11,13). The van der Waals surface area contributed by atoms with Gasteiger partial charge >= 0.3 is 0 Å². The molecule has 1 aliphatic heterocycles. The molecule has 0 unspecified atom stereocenters. The molecule has 0 saturated carbocycles. The molecule has 3 rings (SSSR count). The summed E-state index contributed by atoms with van der Waals surface area (Å²) in [6.07, 6.45) is 5.39. The molecule has 2 aromatic heterocycles. The highest BCUT2D eigenvalue weighted by atomic mass is 32.1. The molecule has 0 amide bonds. The maximum Gasteiger partial charge on any atom is 0.186 e. The molecule has 1 fully saturated rings. The minimum atomic E-state index is 0.791. The second-order valence-corrected chi connectivity index (χ2v) is 4.58. The molecule has 0 bridgehead atoms. The van der Waals surface area contributed by atoms with E-state index in [4.69, 9.17) is 4.74 Å². The lowest BCUT2D eigenvalue weighted by molar-refractivity contribution is 0.122. The molecule has 0 aliphatic carbocycles. The Morgan fingerprint density at radius 3 is 2.94 bits per heavy atom. The van der Waals surface area contributed by atoms with E-state index in [1.165, 1.54) is 0 Å². The third kappa shape index (κ3) is 1.81. The molecular formula is C10H12N4OS. The van der Waals surface area contributed by atoms with Gasteiger partial charge < -0.3 is 14.6 Å². The van der Waals surface area contributed by atoms with E-state index in [-0.39, 0.29) is 0 Å². The molecule has 1 N–H and O–H groups in total. The lowest BCUT2D eigenvalue weighted by atomic mass is 10.4. The third-order valence-electron chi connectivity index (χ3n) is 2.54. The zero-order valence-electron chi connectivity index (χ0n) is 8.72. The van der Waals surface area contributed by atoms with Gasteiger partial charge in [-0.1, -0.05) is 11.3 Å². The highest BCUT2D eigenvalue weighted by Crippen LogP contribution is 2.29. The predicted molar refractivity (Wildman–Crippen MR) is 62.7 cm³/mol. The van der Waals surface area contributed by atoms with E-state index in [0.717, 1.165) is 42.0 Å². The third-order valence-corrected chi connectivity index (χ3v) is 3.63. The van der Waals surface area contributed by atoms with Crippen molar-refractivity contribution < 1.29 is 4.74 Å². The smallest absolute Gasteiger partial charge is 0.186 e. The summed E-state index contributed by atoms with van der Waals surface area (Å²) in [6, 6.07) is 0.